The van der Waals surface area contributed by atoms with E-state index >= 15 is 0 Å². The molecule has 1 saturated carbocycles. The Labute approximate surface area is 123 Å². The van der Waals surface area contributed by atoms with Crippen LogP contribution in [-0.4, -0.2) is 29.6 Å². The number of hydrogen-bond donors (Lipinski definition) is 1. The van der Waals surface area contributed by atoms with Gasteiger partial charge in [-0.1, -0.05) is 32.6 Å². The number of nitrogens with one attached hydrogen (secondary N) is 1. The monoisotopic (exact) mass is 276 g/mol. The van der Waals surface area contributed by atoms with Crippen LogP contribution >= 0.6 is 0 Å². The van der Waals surface area contributed by atoms with E-state index in [1.807, 2.05) is 0 Å². The molecule has 0 aliphatic heterocycles. The largest absolute Gasteiger partial charge is 0.370 e. The molecule has 0 radical (unpaired) electrons. The molecule has 1 heterocycles. The minimum atomic E-state index is 0.632. The van der Waals surface area contributed by atoms with Crippen LogP contribution in [0.2, 0.25) is 0 Å². The molecule has 1 fully saturated rings. The molecule has 0 atom stereocenters. The molecule has 4 heteroatoms. The van der Waals surface area contributed by atoms with Crippen molar-refractivity contribution in [1.82, 2.24) is 9.97 Å². The van der Waals surface area contributed by atoms with Gasteiger partial charge in [-0.05, 0) is 26.2 Å². The van der Waals surface area contributed by atoms with Crippen molar-refractivity contribution in [3.8, 4) is 0 Å². The Balaban J connectivity index is 2.23. The maximum atomic E-state index is 4.57. The third-order valence-corrected chi connectivity index (χ3v) is 4.33. The fourth-order valence-electron chi connectivity index (χ4n) is 3.17. The van der Waals surface area contributed by atoms with E-state index in [0.29, 0.717) is 6.04 Å². The van der Waals surface area contributed by atoms with E-state index in [1.165, 1.54) is 44.1 Å². The van der Waals surface area contributed by atoms with Crippen molar-refractivity contribution >= 4 is 11.6 Å². The van der Waals surface area contributed by atoms with Crippen LogP contribution in [0, 0.1) is 0 Å². The van der Waals surface area contributed by atoms with E-state index in [-0.39, 0.29) is 0 Å². The molecule has 112 valence electrons. The van der Waals surface area contributed by atoms with E-state index in [9.17, 15) is 0 Å². The van der Waals surface area contributed by atoms with Crippen molar-refractivity contribution in [2.45, 2.75) is 64.8 Å². The van der Waals surface area contributed by atoms with Gasteiger partial charge in [-0.2, -0.15) is 0 Å². The molecule has 20 heavy (non-hydrogen) atoms. The number of hydrogen-bond acceptors (Lipinski definition) is 4. The van der Waals surface area contributed by atoms with Crippen molar-refractivity contribution in [2.24, 2.45) is 0 Å². The number of aromatic nitrogens is 2. The summed E-state index contributed by atoms with van der Waals surface area (Å²) in [5.74, 6) is 2.12. The molecular weight excluding hydrogens is 248 g/mol. The van der Waals surface area contributed by atoms with Gasteiger partial charge in [0.25, 0.3) is 0 Å². The maximum absolute atomic E-state index is 4.57. The van der Waals surface area contributed by atoms with Gasteiger partial charge in [0.1, 0.15) is 18.0 Å². The SMILES string of the molecule is CCNc1ncnc(N(C)C2CCCCCC2)c1CC. The molecule has 2 rings (SSSR count). The van der Waals surface area contributed by atoms with Crippen molar-refractivity contribution in [2.75, 3.05) is 23.8 Å². The molecular formula is C16H28N4. The topological polar surface area (TPSA) is 41.1 Å². The molecule has 1 aliphatic carbocycles. The Hall–Kier alpha value is -1.32. The lowest BCUT2D eigenvalue weighted by Gasteiger charge is -2.30. The zero-order chi connectivity index (χ0) is 14.4. The fourth-order valence-corrected chi connectivity index (χ4v) is 3.17. The predicted molar refractivity (Wildman–Crippen MR) is 85.5 cm³/mol. The summed E-state index contributed by atoms with van der Waals surface area (Å²) in [6.45, 7) is 5.19. The standard InChI is InChI=1S/C16H28N4/c1-4-14-15(17-5-2)18-12-19-16(14)20(3)13-10-8-6-7-9-11-13/h12-13H,4-11H2,1-3H3,(H,17,18,19). The Morgan fingerprint density at radius 1 is 1.15 bits per heavy atom. The van der Waals surface area contributed by atoms with Gasteiger partial charge in [-0.15, -0.1) is 0 Å². The van der Waals surface area contributed by atoms with Gasteiger partial charge >= 0.3 is 0 Å². The van der Waals surface area contributed by atoms with Crippen LogP contribution in [0.25, 0.3) is 0 Å². The zero-order valence-corrected chi connectivity index (χ0v) is 13.2. The Morgan fingerprint density at radius 2 is 1.85 bits per heavy atom. The van der Waals surface area contributed by atoms with Crippen LogP contribution in [0.1, 0.15) is 57.9 Å². The van der Waals surface area contributed by atoms with Gasteiger partial charge in [0.05, 0.1) is 0 Å². The minimum Gasteiger partial charge on any atom is -0.370 e. The van der Waals surface area contributed by atoms with Gasteiger partial charge in [0.2, 0.25) is 0 Å². The highest BCUT2D eigenvalue weighted by Crippen LogP contribution is 2.29. The first-order valence-corrected chi connectivity index (χ1v) is 8.08. The van der Waals surface area contributed by atoms with Crippen LogP contribution < -0.4 is 10.2 Å². The third kappa shape index (κ3) is 3.41. The van der Waals surface area contributed by atoms with Crippen LogP contribution in [-0.2, 0) is 6.42 Å². The van der Waals surface area contributed by atoms with Crippen LogP contribution in [0.15, 0.2) is 6.33 Å². The highest BCUT2D eigenvalue weighted by molar-refractivity contribution is 5.58. The van der Waals surface area contributed by atoms with Gasteiger partial charge in [-0.25, -0.2) is 9.97 Å². The minimum absolute atomic E-state index is 0.632. The average molecular weight is 276 g/mol. The van der Waals surface area contributed by atoms with Crippen molar-refractivity contribution in [3.05, 3.63) is 11.9 Å². The lowest BCUT2D eigenvalue weighted by molar-refractivity contribution is 0.547. The first-order chi connectivity index (χ1) is 9.77. The van der Waals surface area contributed by atoms with Crippen LogP contribution in [0.3, 0.4) is 0 Å². The molecule has 0 saturated heterocycles. The summed E-state index contributed by atoms with van der Waals surface area (Å²) in [5, 5.41) is 3.36. The highest BCUT2D eigenvalue weighted by Gasteiger charge is 2.21. The van der Waals surface area contributed by atoms with Crippen molar-refractivity contribution in [3.63, 3.8) is 0 Å². The number of rotatable bonds is 5. The fraction of sp³-hybridized carbons (Fsp3) is 0.750. The highest BCUT2D eigenvalue weighted by atomic mass is 15.2. The Bertz CT molecular complexity index is 411. The Morgan fingerprint density at radius 3 is 2.45 bits per heavy atom. The molecule has 1 aliphatic rings. The van der Waals surface area contributed by atoms with Gasteiger partial charge in [0.15, 0.2) is 0 Å². The van der Waals surface area contributed by atoms with Gasteiger partial charge in [-0.3, -0.25) is 0 Å². The number of anilines is 2. The van der Waals surface area contributed by atoms with Crippen LogP contribution in [0.5, 0.6) is 0 Å². The maximum Gasteiger partial charge on any atom is 0.137 e. The second kappa shape index (κ2) is 7.46. The molecule has 0 unspecified atom stereocenters. The predicted octanol–water partition coefficient (Wildman–Crippen LogP) is 3.63. The van der Waals surface area contributed by atoms with Crippen molar-refractivity contribution < 1.29 is 0 Å². The first kappa shape index (κ1) is 15.1. The first-order valence-electron chi connectivity index (χ1n) is 8.08. The summed E-state index contributed by atoms with van der Waals surface area (Å²) in [4.78, 5) is 11.4. The third-order valence-electron chi connectivity index (χ3n) is 4.33. The zero-order valence-electron chi connectivity index (χ0n) is 13.2. The van der Waals surface area contributed by atoms with E-state index in [4.69, 9.17) is 0 Å². The molecule has 1 N–H and O–H groups in total. The van der Waals surface area contributed by atoms with Crippen molar-refractivity contribution in [1.29, 1.82) is 0 Å². The molecule has 4 nitrogen and oxygen atoms in total. The van der Waals surface area contributed by atoms with E-state index in [0.717, 1.165) is 24.6 Å². The summed E-state index contributed by atoms with van der Waals surface area (Å²) in [7, 11) is 2.20. The molecule has 1 aromatic heterocycles. The smallest absolute Gasteiger partial charge is 0.137 e. The average Bonchev–Trinajstić information content (AvgIpc) is 2.75. The lowest BCUT2D eigenvalue weighted by atomic mass is 10.1. The van der Waals surface area contributed by atoms with Gasteiger partial charge < -0.3 is 10.2 Å². The molecule has 0 spiro atoms. The van der Waals surface area contributed by atoms with E-state index < -0.39 is 0 Å². The normalized spacial score (nSPS) is 16.8. The van der Waals surface area contributed by atoms with E-state index in [1.54, 1.807) is 6.33 Å². The Kier molecular flexibility index (Phi) is 5.62. The quantitative estimate of drug-likeness (QED) is 0.834. The number of nitrogens with zero attached hydrogens (tertiary/aromatic N) is 3. The summed E-state index contributed by atoms with van der Waals surface area (Å²) in [6, 6.07) is 0.632. The molecule has 0 aromatic carbocycles. The summed E-state index contributed by atoms with van der Waals surface area (Å²) in [6.07, 6.45) is 10.7. The molecule has 0 amide bonds. The summed E-state index contributed by atoms with van der Waals surface area (Å²) >= 11 is 0. The van der Waals surface area contributed by atoms with Gasteiger partial charge in [0, 0.05) is 25.2 Å². The second-order valence-corrected chi connectivity index (χ2v) is 5.66. The van der Waals surface area contributed by atoms with E-state index in [2.05, 4.69) is 41.1 Å². The molecule has 1 aromatic rings. The lowest BCUT2D eigenvalue weighted by Crippen LogP contribution is -2.33. The van der Waals surface area contributed by atoms with Crippen LogP contribution in [0.4, 0.5) is 11.6 Å². The molecule has 0 bridgehead atoms. The second-order valence-electron chi connectivity index (χ2n) is 5.66. The summed E-state index contributed by atoms with van der Waals surface area (Å²) in [5.41, 5.74) is 1.25. The summed E-state index contributed by atoms with van der Waals surface area (Å²) < 4.78 is 0.